The van der Waals surface area contributed by atoms with Crippen LogP contribution < -0.4 is 15.4 Å². The Morgan fingerprint density at radius 2 is 1.70 bits per heavy atom. The number of nitrogens with one attached hydrogen (secondary N) is 2. The topological polar surface area (TPSA) is 76.7 Å². The second-order valence-corrected chi connectivity index (χ2v) is 6.40. The van der Waals surface area contributed by atoms with Gasteiger partial charge < -0.3 is 14.8 Å². The number of carbonyl (C=O) groups excluding carboxylic acids is 2. The molecule has 0 aliphatic heterocycles. The summed E-state index contributed by atoms with van der Waals surface area (Å²) in [6.45, 7) is 9.65. The molecule has 0 saturated heterocycles. The molecule has 0 aliphatic rings. The van der Waals surface area contributed by atoms with Gasteiger partial charge >= 0.3 is 6.09 Å². The maximum absolute atomic E-state index is 12.5. The van der Waals surface area contributed by atoms with Crippen molar-refractivity contribution in [3.05, 3.63) is 53.1 Å². The van der Waals surface area contributed by atoms with Gasteiger partial charge in [0.05, 0.1) is 6.61 Å². The van der Waals surface area contributed by atoms with Crippen molar-refractivity contribution < 1.29 is 19.1 Å². The van der Waals surface area contributed by atoms with Gasteiger partial charge in [-0.2, -0.15) is 0 Å². The molecule has 27 heavy (non-hydrogen) atoms. The first-order valence-corrected chi connectivity index (χ1v) is 8.89. The molecule has 2 aromatic carbocycles. The van der Waals surface area contributed by atoms with Gasteiger partial charge in [0, 0.05) is 17.4 Å². The molecule has 6 nitrogen and oxygen atoms in total. The maximum Gasteiger partial charge on any atom is 0.411 e. The molecule has 6 heteroatoms. The molecular weight excluding hydrogens is 344 g/mol. The number of hydrogen-bond donors (Lipinski definition) is 2. The minimum atomic E-state index is -0.706. The van der Waals surface area contributed by atoms with E-state index in [2.05, 4.69) is 10.6 Å². The predicted molar refractivity (Wildman–Crippen MR) is 106 cm³/mol. The van der Waals surface area contributed by atoms with Gasteiger partial charge in [0.2, 0.25) is 0 Å². The summed E-state index contributed by atoms with van der Waals surface area (Å²) in [6.07, 6.45) is -1.24. The molecule has 0 heterocycles. The molecule has 0 aliphatic carbocycles. The molecule has 2 rings (SSSR count). The van der Waals surface area contributed by atoms with Gasteiger partial charge in [-0.05, 0) is 57.9 Å². The Morgan fingerprint density at radius 1 is 1.04 bits per heavy atom. The zero-order valence-corrected chi connectivity index (χ0v) is 16.4. The van der Waals surface area contributed by atoms with Crippen molar-refractivity contribution in [2.75, 3.05) is 17.2 Å². The van der Waals surface area contributed by atoms with Gasteiger partial charge in [-0.15, -0.1) is 0 Å². The average molecular weight is 370 g/mol. The molecular formula is C21H26N2O4. The minimum absolute atomic E-state index is 0.242. The van der Waals surface area contributed by atoms with Crippen LogP contribution in [0.15, 0.2) is 36.4 Å². The van der Waals surface area contributed by atoms with Crippen LogP contribution >= 0.6 is 0 Å². The fourth-order valence-corrected chi connectivity index (χ4v) is 2.79. The van der Waals surface area contributed by atoms with Gasteiger partial charge in [-0.3, -0.25) is 10.1 Å². The van der Waals surface area contributed by atoms with Crippen LogP contribution in [0.1, 0.15) is 30.5 Å². The summed E-state index contributed by atoms with van der Waals surface area (Å²) in [6, 6.07) is 10.9. The monoisotopic (exact) mass is 370 g/mol. The van der Waals surface area contributed by atoms with Crippen molar-refractivity contribution in [2.24, 2.45) is 0 Å². The van der Waals surface area contributed by atoms with Crippen molar-refractivity contribution in [3.63, 3.8) is 0 Å². The third kappa shape index (κ3) is 5.74. The van der Waals surface area contributed by atoms with Crippen LogP contribution in [0.25, 0.3) is 0 Å². The largest absolute Gasteiger partial charge is 0.481 e. The Hall–Kier alpha value is -3.02. The van der Waals surface area contributed by atoms with E-state index < -0.39 is 12.2 Å². The van der Waals surface area contributed by atoms with E-state index in [0.717, 1.165) is 22.4 Å². The van der Waals surface area contributed by atoms with Crippen LogP contribution in [0, 0.1) is 20.8 Å². The molecule has 2 N–H and O–H groups in total. The van der Waals surface area contributed by atoms with E-state index in [0.29, 0.717) is 11.4 Å². The van der Waals surface area contributed by atoms with Crippen molar-refractivity contribution in [1.29, 1.82) is 0 Å². The van der Waals surface area contributed by atoms with Crippen LogP contribution in [-0.2, 0) is 9.53 Å². The minimum Gasteiger partial charge on any atom is -0.481 e. The molecule has 0 fully saturated rings. The molecule has 144 valence electrons. The first-order valence-electron chi connectivity index (χ1n) is 8.89. The average Bonchev–Trinajstić information content (AvgIpc) is 2.58. The summed E-state index contributed by atoms with van der Waals surface area (Å²) in [4.78, 5) is 24.0. The molecule has 1 atom stereocenters. The number of carbonyl (C=O) groups is 2. The van der Waals surface area contributed by atoms with Crippen LogP contribution in [0.3, 0.4) is 0 Å². The van der Waals surface area contributed by atoms with Crippen LogP contribution in [0.2, 0.25) is 0 Å². The van der Waals surface area contributed by atoms with E-state index in [1.807, 2.05) is 32.9 Å². The molecule has 0 saturated carbocycles. The highest BCUT2D eigenvalue weighted by molar-refractivity contribution is 5.95. The van der Waals surface area contributed by atoms with Gasteiger partial charge in [-0.1, -0.05) is 23.8 Å². The Morgan fingerprint density at radius 3 is 2.33 bits per heavy atom. The Balaban J connectivity index is 2.03. The molecule has 2 amide bonds. The lowest BCUT2D eigenvalue weighted by Gasteiger charge is -2.18. The Bertz CT molecular complexity index is 810. The standard InChI is InChI=1S/C21H26N2O4/c1-6-26-21(25)22-17-8-7-9-18(12-17)27-16(5)20(24)23-19-14(3)10-13(2)11-15(19)4/h7-12,16H,6H2,1-5H3,(H,22,25)(H,23,24)/t16-/m1/s1. The SMILES string of the molecule is CCOC(=O)Nc1cccc(O[C@H](C)C(=O)Nc2c(C)cc(C)cc2C)c1. The number of aryl methyl sites for hydroxylation is 3. The fourth-order valence-electron chi connectivity index (χ4n) is 2.79. The lowest BCUT2D eigenvalue weighted by atomic mass is 10.0. The highest BCUT2D eigenvalue weighted by Gasteiger charge is 2.17. The molecule has 0 unspecified atom stereocenters. The maximum atomic E-state index is 12.5. The van der Waals surface area contributed by atoms with Crippen LogP contribution in [0.4, 0.5) is 16.2 Å². The van der Waals surface area contributed by atoms with Crippen molar-refractivity contribution in [1.82, 2.24) is 0 Å². The first-order chi connectivity index (χ1) is 12.8. The van der Waals surface area contributed by atoms with Crippen molar-refractivity contribution in [3.8, 4) is 5.75 Å². The fraction of sp³-hybridized carbons (Fsp3) is 0.333. The Kier molecular flexibility index (Phi) is 6.82. The third-order valence-corrected chi connectivity index (χ3v) is 3.96. The number of hydrogen-bond acceptors (Lipinski definition) is 4. The summed E-state index contributed by atoms with van der Waals surface area (Å²) in [5, 5.41) is 5.54. The van der Waals surface area contributed by atoms with Gasteiger partial charge in [0.15, 0.2) is 6.10 Å². The normalized spacial score (nSPS) is 11.4. The van der Waals surface area contributed by atoms with E-state index >= 15 is 0 Å². The summed E-state index contributed by atoms with van der Waals surface area (Å²) in [5.74, 6) is 0.234. The number of ether oxygens (including phenoxy) is 2. The summed E-state index contributed by atoms with van der Waals surface area (Å²) in [5.41, 5.74) is 4.50. The third-order valence-electron chi connectivity index (χ3n) is 3.96. The highest BCUT2D eigenvalue weighted by atomic mass is 16.5. The lowest BCUT2D eigenvalue weighted by Crippen LogP contribution is -2.30. The molecule has 0 radical (unpaired) electrons. The predicted octanol–water partition coefficient (Wildman–Crippen LogP) is 4.59. The van der Waals surface area contributed by atoms with Gasteiger partial charge in [0.25, 0.3) is 5.91 Å². The number of anilines is 2. The van der Waals surface area contributed by atoms with Crippen molar-refractivity contribution >= 4 is 23.4 Å². The molecule has 2 aromatic rings. The smallest absolute Gasteiger partial charge is 0.411 e. The second-order valence-electron chi connectivity index (χ2n) is 6.40. The number of amides is 2. The quantitative estimate of drug-likeness (QED) is 0.780. The van der Waals surface area contributed by atoms with Crippen molar-refractivity contribution in [2.45, 2.75) is 40.7 Å². The van der Waals surface area contributed by atoms with E-state index in [1.165, 1.54) is 0 Å². The highest BCUT2D eigenvalue weighted by Crippen LogP contribution is 2.23. The summed E-state index contributed by atoms with van der Waals surface area (Å²) < 4.78 is 10.6. The number of benzene rings is 2. The van der Waals surface area contributed by atoms with Gasteiger partial charge in [0.1, 0.15) is 5.75 Å². The van der Waals surface area contributed by atoms with Gasteiger partial charge in [-0.25, -0.2) is 4.79 Å². The zero-order valence-electron chi connectivity index (χ0n) is 16.4. The van der Waals surface area contributed by atoms with E-state index in [9.17, 15) is 9.59 Å². The van der Waals surface area contributed by atoms with E-state index in [1.54, 1.807) is 38.1 Å². The van der Waals surface area contributed by atoms with E-state index in [-0.39, 0.29) is 12.5 Å². The van der Waals surface area contributed by atoms with Crippen LogP contribution in [-0.4, -0.2) is 24.7 Å². The van der Waals surface area contributed by atoms with Crippen LogP contribution in [0.5, 0.6) is 5.75 Å². The molecule has 0 spiro atoms. The summed E-state index contributed by atoms with van der Waals surface area (Å²) >= 11 is 0. The lowest BCUT2D eigenvalue weighted by molar-refractivity contribution is -0.122. The second kappa shape index (κ2) is 9.07. The van der Waals surface area contributed by atoms with E-state index in [4.69, 9.17) is 9.47 Å². The summed E-state index contributed by atoms with van der Waals surface area (Å²) in [7, 11) is 0. The molecule has 0 bridgehead atoms. The molecule has 0 aromatic heterocycles. The first kappa shape index (κ1) is 20.3. The zero-order chi connectivity index (χ0) is 20.0. The number of rotatable bonds is 6. The Labute approximate surface area is 159 Å².